The molecule has 0 saturated heterocycles. The fourth-order valence-electron chi connectivity index (χ4n) is 2.50. The van der Waals surface area contributed by atoms with E-state index >= 15 is 0 Å². The van der Waals surface area contributed by atoms with Gasteiger partial charge in [0.15, 0.2) is 0 Å². The van der Waals surface area contributed by atoms with E-state index in [0.29, 0.717) is 5.41 Å². The van der Waals surface area contributed by atoms with Gasteiger partial charge in [0.25, 0.3) is 0 Å². The third-order valence-electron chi connectivity index (χ3n) is 3.46. The lowest BCUT2D eigenvalue weighted by Gasteiger charge is -2.41. The highest BCUT2D eigenvalue weighted by molar-refractivity contribution is 5.04. The Morgan fingerprint density at radius 3 is 2.42 bits per heavy atom. The van der Waals surface area contributed by atoms with Crippen molar-refractivity contribution in [1.29, 1.82) is 0 Å². The van der Waals surface area contributed by atoms with Crippen LogP contribution in [0.15, 0.2) is 12.2 Å². The molecular formula is C12H22. The summed E-state index contributed by atoms with van der Waals surface area (Å²) in [6.07, 6.45) is 4.12. The number of allylic oxidation sites excluding steroid dienone is 1. The first kappa shape index (κ1) is 9.83. The van der Waals surface area contributed by atoms with Gasteiger partial charge in [-0.25, -0.2) is 0 Å². The number of hydrogen-bond donors (Lipinski definition) is 0. The molecule has 0 heterocycles. The smallest absolute Gasteiger partial charge is 0.0155 e. The monoisotopic (exact) mass is 166 g/mol. The standard InChI is InChI=1S/C12H22/c1-9(2)11-8-10(3)6-7-12(11,4)5/h10-11H,1,6-8H2,2-5H3. The third kappa shape index (κ3) is 1.91. The number of hydrogen-bond acceptors (Lipinski definition) is 0. The molecule has 0 aromatic rings. The molecule has 1 saturated carbocycles. The molecule has 0 bridgehead atoms. The van der Waals surface area contributed by atoms with Crippen molar-refractivity contribution in [1.82, 2.24) is 0 Å². The summed E-state index contributed by atoms with van der Waals surface area (Å²) in [6, 6.07) is 0. The lowest BCUT2D eigenvalue weighted by Crippen LogP contribution is -2.31. The van der Waals surface area contributed by atoms with Crippen molar-refractivity contribution < 1.29 is 0 Å². The molecule has 0 aromatic heterocycles. The fourth-order valence-corrected chi connectivity index (χ4v) is 2.50. The second-order valence-corrected chi connectivity index (χ2v) is 5.27. The van der Waals surface area contributed by atoms with E-state index in [1.807, 2.05) is 0 Å². The summed E-state index contributed by atoms with van der Waals surface area (Å²) in [5.41, 5.74) is 1.88. The van der Waals surface area contributed by atoms with E-state index in [0.717, 1.165) is 11.8 Å². The van der Waals surface area contributed by atoms with E-state index < -0.39 is 0 Å². The van der Waals surface area contributed by atoms with Crippen LogP contribution < -0.4 is 0 Å². The van der Waals surface area contributed by atoms with Crippen LogP contribution in [0.5, 0.6) is 0 Å². The summed E-state index contributed by atoms with van der Waals surface area (Å²) >= 11 is 0. The second-order valence-electron chi connectivity index (χ2n) is 5.27. The van der Waals surface area contributed by atoms with Crippen LogP contribution in [0.4, 0.5) is 0 Å². The lowest BCUT2D eigenvalue weighted by atomic mass is 9.64. The number of rotatable bonds is 1. The molecule has 0 N–H and O–H groups in total. The highest BCUT2D eigenvalue weighted by Gasteiger charge is 2.34. The maximum atomic E-state index is 4.11. The van der Waals surface area contributed by atoms with E-state index in [9.17, 15) is 0 Å². The van der Waals surface area contributed by atoms with Gasteiger partial charge in [0.2, 0.25) is 0 Å². The Balaban J connectivity index is 2.72. The molecule has 2 unspecified atom stereocenters. The first-order valence-electron chi connectivity index (χ1n) is 5.09. The molecule has 1 aliphatic carbocycles. The average Bonchev–Trinajstić information content (AvgIpc) is 1.94. The fraction of sp³-hybridized carbons (Fsp3) is 0.833. The van der Waals surface area contributed by atoms with Crippen LogP contribution in [0.1, 0.15) is 47.0 Å². The van der Waals surface area contributed by atoms with Gasteiger partial charge in [-0.05, 0) is 37.0 Å². The maximum absolute atomic E-state index is 4.11. The van der Waals surface area contributed by atoms with E-state index in [1.54, 1.807) is 0 Å². The molecule has 12 heavy (non-hydrogen) atoms. The van der Waals surface area contributed by atoms with Crippen molar-refractivity contribution in [2.45, 2.75) is 47.0 Å². The van der Waals surface area contributed by atoms with Crippen LogP contribution in [0.2, 0.25) is 0 Å². The van der Waals surface area contributed by atoms with Crippen molar-refractivity contribution in [2.75, 3.05) is 0 Å². The zero-order chi connectivity index (χ0) is 9.35. The largest absolute Gasteiger partial charge is 0.0998 e. The van der Waals surface area contributed by atoms with Gasteiger partial charge < -0.3 is 0 Å². The first-order valence-corrected chi connectivity index (χ1v) is 5.09. The topological polar surface area (TPSA) is 0 Å². The zero-order valence-electron chi connectivity index (χ0n) is 8.98. The van der Waals surface area contributed by atoms with Gasteiger partial charge in [0.05, 0.1) is 0 Å². The molecule has 0 radical (unpaired) electrons. The van der Waals surface area contributed by atoms with E-state index in [-0.39, 0.29) is 0 Å². The van der Waals surface area contributed by atoms with Gasteiger partial charge in [-0.2, -0.15) is 0 Å². The van der Waals surface area contributed by atoms with Gasteiger partial charge in [0.1, 0.15) is 0 Å². The van der Waals surface area contributed by atoms with E-state index in [2.05, 4.69) is 34.3 Å². The van der Waals surface area contributed by atoms with Gasteiger partial charge in [-0.3, -0.25) is 0 Å². The second kappa shape index (κ2) is 3.24. The molecule has 1 rings (SSSR count). The van der Waals surface area contributed by atoms with Crippen LogP contribution in [-0.2, 0) is 0 Å². The van der Waals surface area contributed by atoms with Gasteiger partial charge in [-0.1, -0.05) is 39.3 Å². The van der Waals surface area contributed by atoms with Crippen LogP contribution >= 0.6 is 0 Å². The SMILES string of the molecule is C=C(C)C1CC(C)CCC1(C)C. The molecule has 0 spiro atoms. The lowest BCUT2D eigenvalue weighted by molar-refractivity contribution is 0.132. The summed E-state index contributed by atoms with van der Waals surface area (Å²) < 4.78 is 0. The summed E-state index contributed by atoms with van der Waals surface area (Å²) in [7, 11) is 0. The highest BCUT2D eigenvalue weighted by atomic mass is 14.4. The predicted molar refractivity (Wildman–Crippen MR) is 55.1 cm³/mol. The minimum atomic E-state index is 0.498. The Bertz CT molecular complexity index is 176. The van der Waals surface area contributed by atoms with Crippen molar-refractivity contribution in [3.8, 4) is 0 Å². The Labute approximate surface area is 77.1 Å². The molecule has 0 heteroatoms. The average molecular weight is 166 g/mol. The molecule has 1 aliphatic rings. The summed E-state index contributed by atoms with van der Waals surface area (Å²) in [6.45, 7) is 13.4. The minimum absolute atomic E-state index is 0.498. The Kier molecular flexibility index (Phi) is 2.65. The molecule has 0 aliphatic heterocycles. The minimum Gasteiger partial charge on any atom is -0.0998 e. The normalized spacial score (nSPS) is 34.7. The van der Waals surface area contributed by atoms with Crippen molar-refractivity contribution in [3.05, 3.63) is 12.2 Å². The first-order chi connectivity index (χ1) is 5.43. The third-order valence-corrected chi connectivity index (χ3v) is 3.46. The van der Waals surface area contributed by atoms with Gasteiger partial charge in [-0.15, -0.1) is 0 Å². The molecule has 1 fully saturated rings. The molecule has 0 aromatic carbocycles. The summed E-state index contributed by atoms with van der Waals surface area (Å²) in [5.74, 6) is 1.65. The van der Waals surface area contributed by atoms with E-state index in [1.165, 1.54) is 24.8 Å². The molecule has 2 atom stereocenters. The van der Waals surface area contributed by atoms with Crippen LogP contribution in [-0.4, -0.2) is 0 Å². The van der Waals surface area contributed by atoms with Crippen LogP contribution in [0.25, 0.3) is 0 Å². The van der Waals surface area contributed by atoms with Crippen molar-refractivity contribution in [3.63, 3.8) is 0 Å². The summed E-state index contributed by atoms with van der Waals surface area (Å²) in [5, 5.41) is 0. The molecule has 0 amide bonds. The quantitative estimate of drug-likeness (QED) is 0.516. The van der Waals surface area contributed by atoms with Crippen molar-refractivity contribution >= 4 is 0 Å². The Hall–Kier alpha value is -0.260. The maximum Gasteiger partial charge on any atom is -0.0155 e. The molecule has 70 valence electrons. The van der Waals surface area contributed by atoms with Crippen LogP contribution in [0.3, 0.4) is 0 Å². The highest BCUT2D eigenvalue weighted by Crippen LogP contribution is 2.45. The zero-order valence-corrected chi connectivity index (χ0v) is 8.98. The van der Waals surface area contributed by atoms with Gasteiger partial charge >= 0.3 is 0 Å². The Morgan fingerprint density at radius 2 is 2.00 bits per heavy atom. The van der Waals surface area contributed by atoms with Gasteiger partial charge in [0, 0.05) is 0 Å². The Morgan fingerprint density at radius 1 is 1.42 bits per heavy atom. The predicted octanol–water partition coefficient (Wildman–Crippen LogP) is 4.02. The van der Waals surface area contributed by atoms with E-state index in [4.69, 9.17) is 0 Å². The van der Waals surface area contributed by atoms with Crippen LogP contribution in [0, 0.1) is 17.3 Å². The summed E-state index contributed by atoms with van der Waals surface area (Å²) in [4.78, 5) is 0. The van der Waals surface area contributed by atoms with Crippen molar-refractivity contribution in [2.24, 2.45) is 17.3 Å². The molecular weight excluding hydrogens is 144 g/mol. The molecule has 0 nitrogen and oxygen atoms in total.